The van der Waals surface area contributed by atoms with Crippen molar-refractivity contribution >= 4 is 23.3 Å². The van der Waals surface area contributed by atoms with E-state index in [-0.39, 0.29) is 58.1 Å². The number of ether oxygens (including phenoxy) is 5. The second-order valence-electron chi connectivity index (χ2n) is 11.9. The van der Waals surface area contributed by atoms with Gasteiger partial charge in [0.15, 0.2) is 0 Å². The van der Waals surface area contributed by atoms with Crippen molar-refractivity contribution in [2.45, 2.75) is 65.6 Å². The lowest BCUT2D eigenvalue weighted by Gasteiger charge is -2.14. The number of nitro benzene ring substituents is 2. The van der Waals surface area contributed by atoms with Crippen molar-refractivity contribution in [3.05, 3.63) is 115 Å². The monoisotopic (exact) mass is 698 g/mol. The van der Waals surface area contributed by atoms with Crippen LogP contribution >= 0.6 is 0 Å². The van der Waals surface area contributed by atoms with Gasteiger partial charge in [-0.15, -0.1) is 0 Å². The number of benzene rings is 4. The van der Waals surface area contributed by atoms with E-state index in [9.17, 15) is 29.8 Å². The zero-order chi connectivity index (χ0) is 36.3. The molecule has 0 bridgehead atoms. The van der Waals surface area contributed by atoms with E-state index in [1.54, 1.807) is 24.3 Å². The van der Waals surface area contributed by atoms with E-state index in [4.69, 9.17) is 23.7 Å². The van der Waals surface area contributed by atoms with Crippen LogP contribution in [0.5, 0.6) is 23.0 Å². The molecule has 0 N–H and O–H groups in total. The number of esters is 2. The van der Waals surface area contributed by atoms with Crippen molar-refractivity contribution in [1.82, 2.24) is 0 Å². The standard InChI is InChI=1S/C38H38N2O11/c1-3-5-7-17-48-29-13-9-25(10-14-29)37(41)50-31-19-27-23-47-24-28-20-32(22-34(40(45)46)36(28)35(27)33(21-31)39(43)44)51-38(42)26-11-15-30(16-12-26)49-18-8-6-4-2/h9-16,19-22H,3-8,17-18,23-24H2,1-2H3. The van der Waals surface area contributed by atoms with E-state index in [2.05, 4.69) is 13.8 Å². The Morgan fingerprint density at radius 1 is 0.608 bits per heavy atom. The topological polar surface area (TPSA) is 167 Å². The number of nitro groups is 2. The average molecular weight is 699 g/mol. The summed E-state index contributed by atoms with van der Waals surface area (Å²) in [5.74, 6) is -0.607. The molecule has 0 atom stereocenters. The normalized spacial score (nSPS) is 11.8. The molecule has 1 aliphatic heterocycles. The molecule has 0 saturated carbocycles. The second kappa shape index (κ2) is 17.2. The molecule has 0 aromatic heterocycles. The number of hydrogen-bond acceptors (Lipinski definition) is 11. The predicted molar refractivity (Wildman–Crippen MR) is 187 cm³/mol. The first kappa shape index (κ1) is 36.5. The van der Waals surface area contributed by atoms with Crippen LogP contribution in [0.15, 0.2) is 72.8 Å². The molecule has 0 spiro atoms. The zero-order valence-electron chi connectivity index (χ0n) is 28.4. The fourth-order valence-corrected chi connectivity index (χ4v) is 5.59. The summed E-state index contributed by atoms with van der Waals surface area (Å²) >= 11 is 0. The summed E-state index contributed by atoms with van der Waals surface area (Å²) in [7, 11) is 0. The Kier molecular flexibility index (Phi) is 12.3. The summed E-state index contributed by atoms with van der Waals surface area (Å²) in [5, 5.41) is 24.8. The summed E-state index contributed by atoms with van der Waals surface area (Å²) in [6.07, 6.45) is 6.04. The van der Waals surface area contributed by atoms with Crippen LogP contribution in [-0.4, -0.2) is 35.0 Å². The molecule has 4 aromatic carbocycles. The Hall–Kier alpha value is -5.82. The minimum atomic E-state index is -0.761. The van der Waals surface area contributed by atoms with E-state index < -0.39 is 33.2 Å². The molecule has 1 heterocycles. The molecule has 13 heteroatoms. The Morgan fingerprint density at radius 3 is 1.35 bits per heavy atom. The van der Waals surface area contributed by atoms with E-state index in [1.807, 2.05) is 0 Å². The molecule has 4 aromatic rings. The van der Waals surface area contributed by atoms with Crippen molar-refractivity contribution in [3.8, 4) is 34.1 Å². The largest absolute Gasteiger partial charge is 0.494 e. The second-order valence-corrected chi connectivity index (χ2v) is 11.9. The molecule has 13 nitrogen and oxygen atoms in total. The van der Waals surface area contributed by atoms with Crippen LogP contribution in [-0.2, 0) is 18.0 Å². The lowest BCUT2D eigenvalue weighted by molar-refractivity contribution is -0.386. The third kappa shape index (κ3) is 9.25. The third-order valence-electron chi connectivity index (χ3n) is 8.14. The molecule has 0 amide bonds. The van der Waals surface area contributed by atoms with Crippen molar-refractivity contribution in [2.75, 3.05) is 13.2 Å². The molecule has 51 heavy (non-hydrogen) atoms. The van der Waals surface area contributed by atoms with Gasteiger partial charge in [0.25, 0.3) is 11.4 Å². The average Bonchev–Trinajstić information content (AvgIpc) is 3.30. The Balaban J connectivity index is 1.39. The smallest absolute Gasteiger partial charge is 0.343 e. The molecular formula is C38H38N2O11. The van der Waals surface area contributed by atoms with Gasteiger partial charge < -0.3 is 23.7 Å². The number of rotatable bonds is 16. The van der Waals surface area contributed by atoms with Crippen molar-refractivity contribution in [2.24, 2.45) is 0 Å². The van der Waals surface area contributed by atoms with Gasteiger partial charge in [-0.3, -0.25) is 20.2 Å². The van der Waals surface area contributed by atoms with E-state index in [1.165, 1.54) is 36.4 Å². The Morgan fingerprint density at radius 2 is 1.00 bits per heavy atom. The summed E-state index contributed by atoms with van der Waals surface area (Å²) in [6, 6.07) is 17.5. The summed E-state index contributed by atoms with van der Waals surface area (Å²) < 4.78 is 28.2. The Bertz CT molecular complexity index is 1750. The van der Waals surface area contributed by atoms with Crippen LogP contribution in [0.1, 0.15) is 84.2 Å². The molecule has 0 fully saturated rings. The maximum absolute atomic E-state index is 13.0. The van der Waals surface area contributed by atoms with E-state index >= 15 is 0 Å². The number of nitrogens with zero attached hydrogens (tertiary/aromatic N) is 2. The predicted octanol–water partition coefficient (Wildman–Crippen LogP) is 8.78. The van der Waals surface area contributed by atoms with Crippen LogP contribution in [0.3, 0.4) is 0 Å². The highest BCUT2D eigenvalue weighted by Gasteiger charge is 2.33. The maximum Gasteiger partial charge on any atom is 0.343 e. The van der Waals surface area contributed by atoms with Crippen LogP contribution in [0, 0.1) is 20.2 Å². The lowest BCUT2D eigenvalue weighted by atomic mass is 9.93. The highest BCUT2D eigenvalue weighted by Crippen LogP contribution is 2.46. The van der Waals surface area contributed by atoms with Crippen LogP contribution in [0.2, 0.25) is 0 Å². The first-order valence-electron chi connectivity index (χ1n) is 16.8. The van der Waals surface area contributed by atoms with Crippen molar-refractivity contribution < 1.29 is 43.1 Å². The van der Waals surface area contributed by atoms with Crippen molar-refractivity contribution in [1.29, 1.82) is 0 Å². The number of carbonyl (C=O) groups excluding carboxylic acids is 2. The molecule has 1 aliphatic rings. The van der Waals surface area contributed by atoms with Gasteiger partial charge in [0, 0.05) is 0 Å². The number of hydrogen-bond donors (Lipinski definition) is 0. The Labute approximate surface area is 294 Å². The van der Waals surface area contributed by atoms with E-state index in [0.717, 1.165) is 50.7 Å². The quantitative estimate of drug-likeness (QED) is 0.0361. The van der Waals surface area contributed by atoms with Gasteiger partial charge in [0.05, 0.1) is 70.7 Å². The molecule has 0 unspecified atom stereocenters. The summed E-state index contributed by atoms with van der Waals surface area (Å²) in [6.45, 7) is 4.93. The summed E-state index contributed by atoms with van der Waals surface area (Å²) in [5.41, 5.74) is -0.380. The highest BCUT2D eigenvalue weighted by molar-refractivity contribution is 5.93. The van der Waals surface area contributed by atoms with Gasteiger partial charge in [-0.25, -0.2) is 9.59 Å². The van der Waals surface area contributed by atoms with Gasteiger partial charge in [0.2, 0.25) is 0 Å². The highest BCUT2D eigenvalue weighted by atomic mass is 16.6. The lowest BCUT2D eigenvalue weighted by Crippen LogP contribution is -2.10. The minimum Gasteiger partial charge on any atom is -0.494 e. The molecule has 0 saturated heterocycles. The van der Waals surface area contributed by atoms with Crippen LogP contribution in [0.4, 0.5) is 11.4 Å². The summed E-state index contributed by atoms with van der Waals surface area (Å²) in [4.78, 5) is 49.4. The third-order valence-corrected chi connectivity index (χ3v) is 8.14. The van der Waals surface area contributed by atoms with Crippen LogP contribution < -0.4 is 18.9 Å². The molecule has 0 aliphatic carbocycles. The minimum absolute atomic E-state index is 0.0593. The molecule has 5 rings (SSSR count). The fourth-order valence-electron chi connectivity index (χ4n) is 5.59. The van der Waals surface area contributed by atoms with Gasteiger partial charge >= 0.3 is 11.9 Å². The van der Waals surface area contributed by atoms with Gasteiger partial charge in [0.1, 0.15) is 23.0 Å². The first-order valence-corrected chi connectivity index (χ1v) is 16.8. The van der Waals surface area contributed by atoms with Gasteiger partial charge in [-0.1, -0.05) is 39.5 Å². The molecular weight excluding hydrogens is 660 g/mol. The van der Waals surface area contributed by atoms with E-state index in [0.29, 0.717) is 24.7 Å². The first-order chi connectivity index (χ1) is 24.7. The van der Waals surface area contributed by atoms with Gasteiger partial charge in [-0.2, -0.15) is 0 Å². The zero-order valence-corrected chi connectivity index (χ0v) is 28.4. The fraction of sp³-hybridized carbons (Fsp3) is 0.316. The molecule has 0 radical (unpaired) electrons. The molecule has 266 valence electrons. The number of fused-ring (bicyclic) bond motifs is 3. The van der Waals surface area contributed by atoms with Crippen molar-refractivity contribution in [3.63, 3.8) is 0 Å². The number of carbonyl (C=O) groups is 2. The SMILES string of the molecule is CCCCCOc1ccc(C(=O)Oc2cc3c(c([N+](=O)[O-])c2)-c2c(cc(OC(=O)c4ccc(OCCCCC)cc4)cc2[N+](=O)[O-])COC3)cc1. The van der Waals surface area contributed by atoms with Crippen LogP contribution in [0.25, 0.3) is 11.1 Å². The number of unbranched alkanes of at least 4 members (excludes halogenated alkanes) is 4. The van der Waals surface area contributed by atoms with Gasteiger partial charge in [-0.05, 0) is 84.6 Å². The maximum atomic E-state index is 13.0.